The summed E-state index contributed by atoms with van der Waals surface area (Å²) in [6.45, 7) is 3.23. The molecule has 0 radical (unpaired) electrons. The first-order valence-electron chi connectivity index (χ1n) is 7.11. The molecule has 0 spiro atoms. The second-order valence-electron chi connectivity index (χ2n) is 5.76. The Morgan fingerprint density at radius 1 is 1.29 bits per heavy atom. The van der Waals surface area contributed by atoms with E-state index in [1.165, 1.54) is 44.9 Å². The largest absolute Gasteiger partial charge is 0.353 e. The van der Waals surface area contributed by atoms with Gasteiger partial charge in [0, 0.05) is 18.8 Å². The predicted octanol–water partition coefficient (Wildman–Crippen LogP) is 3.35. The number of aryl methyl sites for hydroxylation is 2. The molecule has 1 N–H and O–H groups in total. The van der Waals surface area contributed by atoms with E-state index >= 15 is 0 Å². The third-order valence-electron chi connectivity index (χ3n) is 4.06. The zero-order valence-electron chi connectivity index (χ0n) is 10.8. The topological polar surface area (TPSA) is 29.9 Å². The van der Waals surface area contributed by atoms with Gasteiger partial charge in [-0.15, -0.1) is 0 Å². The summed E-state index contributed by atoms with van der Waals surface area (Å²) >= 11 is 0. The Hall–Kier alpha value is -0.990. The van der Waals surface area contributed by atoms with Crippen molar-refractivity contribution in [3.05, 3.63) is 11.9 Å². The standard InChI is InChI=1S/C14H23N3/c1-11-10-17(9-8-12-6-7-12)14(15-11)16-13-4-2-3-5-13/h10,12-13H,2-9H2,1H3,(H,15,16). The summed E-state index contributed by atoms with van der Waals surface area (Å²) in [6.07, 6.45) is 11.8. The predicted molar refractivity (Wildman–Crippen MR) is 70.2 cm³/mol. The monoisotopic (exact) mass is 233 g/mol. The zero-order valence-corrected chi connectivity index (χ0v) is 10.8. The number of aromatic nitrogens is 2. The minimum absolute atomic E-state index is 0.663. The van der Waals surface area contributed by atoms with Crippen LogP contribution in [0.2, 0.25) is 0 Å². The highest BCUT2D eigenvalue weighted by Crippen LogP contribution is 2.33. The quantitative estimate of drug-likeness (QED) is 0.845. The first-order valence-corrected chi connectivity index (χ1v) is 7.11. The van der Waals surface area contributed by atoms with Crippen LogP contribution in [0.5, 0.6) is 0 Å². The highest BCUT2D eigenvalue weighted by atomic mass is 15.2. The van der Waals surface area contributed by atoms with Crippen molar-refractivity contribution in [1.82, 2.24) is 9.55 Å². The molecule has 94 valence electrons. The molecule has 3 nitrogen and oxygen atoms in total. The summed E-state index contributed by atoms with van der Waals surface area (Å²) in [7, 11) is 0. The molecular weight excluding hydrogens is 210 g/mol. The third kappa shape index (κ3) is 2.82. The minimum Gasteiger partial charge on any atom is -0.353 e. The molecule has 1 heterocycles. The maximum absolute atomic E-state index is 4.62. The van der Waals surface area contributed by atoms with Gasteiger partial charge in [-0.05, 0) is 32.1 Å². The number of rotatable bonds is 5. The van der Waals surface area contributed by atoms with Crippen LogP contribution in [0.15, 0.2) is 6.20 Å². The molecule has 0 atom stereocenters. The van der Waals surface area contributed by atoms with E-state index in [1.54, 1.807) is 0 Å². The van der Waals surface area contributed by atoms with E-state index in [1.807, 2.05) is 0 Å². The lowest BCUT2D eigenvalue weighted by atomic mass is 10.2. The van der Waals surface area contributed by atoms with Crippen LogP contribution >= 0.6 is 0 Å². The van der Waals surface area contributed by atoms with Gasteiger partial charge in [0.2, 0.25) is 5.95 Å². The van der Waals surface area contributed by atoms with E-state index < -0.39 is 0 Å². The van der Waals surface area contributed by atoms with Crippen molar-refractivity contribution in [1.29, 1.82) is 0 Å². The minimum atomic E-state index is 0.663. The van der Waals surface area contributed by atoms with Crippen LogP contribution in [-0.2, 0) is 6.54 Å². The first-order chi connectivity index (χ1) is 8.31. The van der Waals surface area contributed by atoms with E-state index in [2.05, 4.69) is 28.0 Å². The summed E-state index contributed by atoms with van der Waals surface area (Å²) in [5.74, 6) is 2.10. The van der Waals surface area contributed by atoms with Crippen LogP contribution in [-0.4, -0.2) is 15.6 Å². The Kier molecular flexibility index (Phi) is 3.08. The van der Waals surface area contributed by atoms with Gasteiger partial charge in [0.15, 0.2) is 0 Å². The second-order valence-corrected chi connectivity index (χ2v) is 5.76. The fourth-order valence-electron chi connectivity index (χ4n) is 2.81. The molecule has 0 bridgehead atoms. The molecule has 0 amide bonds. The molecule has 0 aromatic carbocycles. The lowest BCUT2D eigenvalue weighted by molar-refractivity contribution is 0.594. The van der Waals surface area contributed by atoms with E-state index in [-0.39, 0.29) is 0 Å². The maximum atomic E-state index is 4.62. The molecule has 3 rings (SSSR count). The number of imidazole rings is 1. The van der Waals surface area contributed by atoms with E-state index in [0.717, 1.165) is 24.1 Å². The van der Waals surface area contributed by atoms with Crippen LogP contribution < -0.4 is 5.32 Å². The van der Waals surface area contributed by atoms with Crippen molar-refractivity contribution in [2.45, 2.75) is 64.5 Å². The molecule has 17 heavy (non-hydrogen) atoms. The Labute approximate surface area is 104 Å². The van der Waals surface area contributed by atoms with Crippen LogP contribution in [0.3, 0.4) is 0 Å². The van der Waals surface area contributed by atoms with Gasteiger partial charge in [0.1, 0.15) is 0 Å². The van der Waals surface area contributed by atoms with Gasteiger partial charge in [-0.25, -0.2) is 4.98 Å². The van der Waals surface area contributed by atoms with Gasteiger partial charge in [-0.3, -0.25) is 0 Å². The molecule has 0 unspecified atom stereocenters. The van der Waals surface area contributed by atoms with Gasteiger partial charge < -0.3 is 9.88 Å². The Morgan fingerprint density at radius 2 is 2.06 bits per heavy atom. The molecule has 0 saturated heterocycles. The Morgan fingerprint density at radius 3 is 2.76 bits per heavy atom. The van der Waals surface area contributed by atoms with Crippen molar-refractivity contribution in [2.24, 2.45) is 5.92 Å². The lowest BCUT2D eigenvalue weighted by Gasteiger charge is -2.14. The fraction of sp³-hybridized carbons (Fsp3) is 0.786. The highest BCUT2D eigenvalue weighted by molar-refractivity contribution is 5.30. The molecule has 3 heteroatoms. The molecule has 1 aromatic heterocycles. The van der Waals surface area contributed by atoms with Gasteiger partial charge in [0.25, 0.3) is 0 Å². The Bertz CT molecular complexity index is 373. The van der Waals surface area contributed by atoms with Crippen LogP contribution in [0.25, 0.3) is 0 Å². The smallest absolute Gasteiger partial charge is 0.203 e. The molecule has 1 aromatic rings. The number of hydrogen-bond acceptors (Lipinski definition) is 2. The first kappa shape index (κ1) is 11.1. The molecular formula is C14H23N3. The summed E-state index contributed by atoms with van der Waals surface area (Å²) in [5.41, 5.74) is 1.14. The van der Waals surface area contributed by atoms with Crippen molar-refractivity contribution in [3.63, 3.8) is 0 Å². The third-order valence-corrected chi connectivity index (χ3v) is 4.06. The van der Waals surface area contributed by atoms with Crippen LogP contribution in [0, 0.1) is 12.8 Å². The molecule has 2 fully saturated rings. The molecule has 2 saturated carbocycles. The number of hydrogen-bond donors (Lipinski definition) is 1. The van der Waals surface area contributed by atoms with Crippen LogP contribution in [0.1, 0.15) is 50.6 Å². The van der Waals surface area contributed by atoms with Crippen molar-refractivity contribution in [2.75, 3.05) is 5.32 Å². The van der Waals surface area contributed by atoms with Gasteiger partial charge in [0.05, 0.1) is 5.69 Å². The Balaban J connectivity index is 1.63. The number of nitrogens with zero attached hydrogens (tertiary/aromatic N) is 2. The average Bonchev–Trinajstić information content (AvgIpc) is 2.87. The van der Waals surface area contributed by atoms with Gasteiger partial charge >= 0.3 is 0 Å². The van der Waals surface area contributed by atoms with E-state index in [0.29, 0.717) is 6.04 Å². The molecule has 2 aliphatic rings. The fourth-order valence-corrected chi connectivity index (χ4v) is 2.81. The summed E-state index contributed by atoms with van der Waals surface area (Å²) in [6, 6.07) is 0.663. The van der Waals surface area contributed by atoms with E-state index in [4.69, 9.17) is 0 Å². The van der Waals surface area contributed by atoms with Crippen molar-refractivity contribution < 1.29 is 0 Å². The number of anilines is 1. The molecule has 0 aliphatic heterocycles. The normalized spacial score (nSPS) is 21.0. The van der Waals surface area contributed by atoms with Crippen molar-refractivity contribution >= 4 is 5.95 Å². The summed E-state index contributed by atoms with van der Waals surface area (Å²) < 4.78 is 2.33. The summed E-state index contributed by atoms with van der Waals surface area (Å²) in [5, 5.41) is 3.63. The zero-order chi connectivity index (χ0) is 11.7. The van der Waals surface area contributed by atoms with Gasteiger partial charge in [-0.1, -0.05) is 25.7 Å². The average molecular weight is 233 g/mol. The molecule has 2 aliphatic carbocycles. The highest BCUT2D eigenvalue weighted by Gasteiger charge is 2.22. The second kappa shape index (κ2) is 4.71. The van der Waals surface area contributed by atoms with Crippen LogP contribution in [0.4, 0.5) is 5.95 Å². The van der Waals surface area contributed by atoms with Gasteiger partial charge in [-0.2, -0.15) is 0 Å². The maximum Gasteiger partial charge on any atom is 0.203 e. The SMILES string of the molecule is Cc1cn(CCC2CC2)c(NC2CCCC2)n1. The van der Waals surface area contributed by atoms with E-state index in [9.17, 15) is 0 Å². The number of nitrogens with one attached hydrogen (secondary N) is 1. The summed E-state index contributed by atoms with van der Waals surface area (Å²) in [4.78, 5) is 4.62. The van der Waals surface area contributed by atoms with Crippen molar-refractivity contribution in [3.8, 4) is 0 Å². The lowest BCUT2D eigenvalue weighted by Crippen LogP contribution is -2.18.